The van der Waals surface area contributed by atoms with Crippen molar-refractivity contribution < 1.29 is 42.0 Å². The van der Waals surface area contributed by atoms with Crippen LogP contribution in [0.4, 0.5) is 8.78 Å². The third kappa shape index (κ3) is 6.58. The number of aliphatic hydroxyl groups is 1. The van der Waals surface area contributed by atoms with E-state index in [1.54, 1.807) is 13.8 Å². The number of halogens is 2. The molecule has 2 heterocycles. The van der Waals surface area contributed by atoms with E-state index in [-0.39, 0.29) is 17.6 Å². The SMILES string of the molecule is CC(C)OC(=O)[C@H](C)N[P+](=O)Oc1cccc(OC[C@@]2(F)O[C@@H](n3ccc(=O)[nH]c3=O)[C@](C)(F)[C@@H]2O)c1. The van der Waals surface area contributed by atoms with E-state index in [9.17, 15) is 24.1 Å². The molecule has 1 unspecified atom stereocenters. The van der Waals surface area contributed by atoms with E-state index < -0.39 is 61.9 Å². The zero-order valence-corrected chi connectivity index (χ0v) is 21.2. The molecule has 15 heteroatoms. The molecule has 1 aliphatic rings. The molecule has 0 radical (unpaired) electrons. The second-order valence-corrected chi connectivity index (χ2v) is 9.73. The molecule has 1 fully saturated rings. The fourth-order valence-corrected chi connectivity index (χ4v) is 4.22. The molecule has 3 rings (SSSR count). The van der Waals surface area contributed by atoms with Crippen molar-refractivity contribution in [2.75, 3.05) is 6.61 Å². The average Bonchev–Trinajstić information content (AvgIpc) is 2.98. The number of hydrogen-bond donors (Lipinski definition) is 3. The number of aromatic nitrogens is 2. The van der Waals surface area contributed by atoms with Crippen LogP contribution in [0.2, 0.25) is 0 Å². The molecule has 202 valence electrons. The van der Waals surface area contributed by atoms with E-state index in [0.29, 0.717) is 4.57 Å². The van der Waals surface area contributed by atoms with Crippen LogP contribution >= 0.6 is 8.18 Å². The Morgan fingerprint density at radius 3 is 2.59 bits per heavy atom. The van der Waals surface area contributed by atoms with Gasteiger partial charge in [-0.15, -0.1) is 0 Å². The Hall–Kier alpha value is -3.19. The summed E-state index contributed by atoms with van der Waals surface area (Å²) in [6, 6.07) is 5.48. The van der Waals surface area contributed by atoms with Crippen LogP contribution in [0, 0.1) is 0 Å². The fraction of sp³-hybridized carbons (Fsp3) is 0.500. The number of benzene rings is 1. The monoisotopic (exact) mass is 546 g/mol. The van der Waals surface area contributed by atoms with Gasteiger partial charge in [-0.05, 0) is 39.8 Å². The van der Waals surface area contributed by atoms with Crippen LogP contribution in [-0.4, -0.2) is 57.0 Å². The first-order valence-electron chi connectivity index (χ1n) is 11.1. The first kappa shape index (κ1) is 28.4. The maximum atomic E-state index is 15.5. The number of H-pyrrole nitrogens is 1. The number of rotatable bonds is 10. The molecule has 1 aromatic heterocycles. The lowest BCUT2D eigenvalue weighted by molar-refractivity contribution is -0.203. The predicted octanol–water partition coefficient (Wildman–Crippen LogP) is 1.87. The number of esters is 1. The van der Waals surface area contributed by atoms with Crippen molar-refractivity contribution in [1.29, 1.82) is 0 Å². The van der Waals surface area contributed by atoms with Crippen LogP contribution in [0.15, 0.2) is 46.1 Å². The minimum atomic E-state index is -3.08. The Bertz CT molecular complexity index is 1270. The van der Waals surface area contributed by atoms with Gasteiger partial charge in [0.05, 0.1) is 6.10 Å². The molecule has 0 bridgehead atoms. The molecule has 6 atom stereocenters. The van der Waals surface area contributed by atoms with Crippen molar-refractivity contribution in [3.63, 3.8) is 0 Å². The largest absolute Gasteiger partial charge is 0.664 e. The first-order valence-corrected chi connectivity index (χ1v) is 12.3. The lowest BCUT2D eigenvalue weighted by Gasteiger charge is -2.25. The number of aromatic amines is 1. The minimum absolute atomic E-state index is 0.00814. The molecule has 0 saturated carbocycles. The van der Waals surface area contributed by atoms with Crippen LogP contribution in [0.3, 0.4) is 0 Å². The van der Waals surface area contributed by atoms with Crippen LogP contribution in [0.5, 0.6) is 11.5 Å². The van der Waals surface area contributed by atoms with Gasteiger partial charge in [-0.25, -0.2) is 18.1 Å². The van der Waals surface area contributed by atoms with Gasteiger partial charge in [0, 0.05) is 22.9 Å². The number of aliphatic hydroxyl groups excluding tert-OH is 1. The zero-order valence-electron chi connectivity index (χ0n) is 20.3. The summed E-state index contributed by atoms with van der Waals surface area (Å²) in [7, 11) is -2.55. The van der Waals surface area contributed by atoms with E-state index >= 15 is 8.78 Å². The van der Waals surface area contributed by atoms with Crippen molar-refractivity contribution in [2.45, 2.75) is 63.7 Å². The maximum absolute atomic E-state index is 15.5. The first-order chi connectivity index (χ1) is 17.2. The number of carbonyl (C=O) groups excluding carboxylic acids is 1. The second kappa shape index (κ2) is 11.1. The van der Waals surface area contributed by atoms with Crippen molar-refractivity contribution in [3.8, 4) is 11.5 Å². The molecule has 0 amide bonds. The summed E-state index contributed by atoms with van der Waals surface area (Å²) in [5.74, 6) is -3.68. The average molecular weight is 546 g/mol. The summed E-state index contributed by atoms with van der Waals surface area (Å²) < 4.78 is 64.3. The van der Waals surface area contributed by atoms with Gasteiger partial charge in [-0.2, -0.15) is 0 Å². The Kier molecular flexibility index (Phi) is 8.48. The summed E-state index contributed by atoms with van der Waals surface area (Å²) >= 11 is 0. The molecule has 0 aliphatic carbocycles. The summed E-state index contributed by atoms with van der Waals surface area (Å²) in [5.41, 5.74) is -4.58. The van der Waals surface area contributed by atoms with E-state index in [1.165, 1.54) is 31.2 Å². The van der Waals surface area contributed by atoms with Gasteiger partial charge < -0.3 is 19.3 Å². The highest BCUT2D eigenvalue weighted by atomic mass is 31.1. The molecule has 12 nitrogen and oxygen atoms in total. The molecule has 37 heavy (non-hydrogen) atoms. The highest BCUT2D eigenvalue weighted by molar-refractivity contribution is 7.37. The predicted molar refractivity (Wildman–Crippen MR) is 125 cm³/mol. The maximum Gasteiger partial charge on any atom is 0.664 e. The Morgan fingerprint density at radius 2 is 1.95 bits per heavy atom. The van der Waals surface area contributed by atoms with Gasteiger partial charge in [-0.3, -0.25) is 19.1 Å². The fourth-order valence-electron chi connectivity index (χ4n) is 3.45. The van der Waals surface area contributed by atoms with Crippen molar-refractivity contribution >= 4 is 14.1 Å². The number of hydrogen-bond acceptors (Lipinski definition) is 9. The Labute approximate surface area is 210 Å². The zero-order chi connectivity index (χ0) is 27.5. The van der Waals surface area contributed by atoms with Gasteiger partial charge in [0.25, 0.3) is 11.4 Å². The third-order valence-electron chi connectivity index (χ3n) is 5.27. The second-order valence-electron chi connectivity index (χ2n) is 8.78. The molecule has 1 saturated heterocycles. The summed E-state index contributed by atoms with van der Waals surface area (Å²) in [6.45, 7) is 4.63. The lowest BCUT2D eigenvalue weighted by atomic mass is 9.97. The Balaban J connectivity index is 1.66. The smallest absolute Gasteiger partial charge is 0.487 e. The minimum Gasteiger partial charge on any atom is -0.487 e. The number of ether oxygens (including phenoxy) is 3. The molecular formula is C22H27F2N3O9P+. The molecular weight excluding hydrogens is 519 g/mol. The summed E-state index contributed by atoms with van der Waals surface area (Å²) in [5, 5.41) is 12.8. The van der Waals surface area contributed by atoms with Gasteiger partial charge in [-0.1, -0.05) is 11.2 Å². The van der Waals surface area contributed by atoms with E-state index in [1.807, 2.05) is 4.98 Å². The summed E-state index contributed by atoms with van der Waals surface area (Å²) in [4.78, 5) is 37.1. The van der Waals surface area contributed by atoms with Crippen LogP contribution in [0.25, 0.3) is 0 Å². The molecule has 1 aliphatic heterocycles. The van der Waals surface area contributed by atoms with E-state index in [2.05, 4.69) is 5.09 Å². The highest BCUT2D eigenvalue weighted by Gasteiger charge is 2.65. The number of carbonyl (C=O) groups is 1. The molecule has 2 aromatic rings. The topological polar surface area (TPSA) is 158 Å². The number of alkyl halides is 2. The molecule has 1 aromatic carbocycles. The third-order valence-corrected chi connectivity index (χ3v) is 6.25. The number of nitrogens with zero attached hydrogens (tertiary/aromatic N) is 1. The van der Waals surface area contributed by atoms with Gasteiger partial charge in [0.1, 0.15) is 18.4 Å². The highest BCUT2D eigenvalue weighted by Crippen LogP contribution is 2.47. The normalized spacial score (nSPS) is 26.5. The van der Waals surface area contributed by atoms with Crippen LogP contribution in [0.1, 0.15) is 33.9 Å². The molecule has 0 spiro atoms. The van der Waals surface area contributed by atoms with Gasteiger partial charge in [0.15, 0.2) is 23.8 Å². The quantitative estimate of drug-likeness (QED) is 0.297. The van der Waals surface area contributed by atoms with Crippen LogP contribution in [-0.2, 0) is 18.8 Å². The Morgan fingerprint density at radius 1 is 1.27 bits per heavy atom. The number of nitrogens with one attached hydrogen (secondary N) is 2. The molecule has 3 N–H and O–H groups in total. The van der Waals surface area contributed by atoms with Crippen LogP contribution < -0.4 is 25.6 Å². The van der Waals surface area contributed by atoms with Crippen molar-refractivity contribution in [2.24, 2.45) is 0 Å². The van der Waals surface area contributed by atoms with Crippen molar-refractivity contribution in [3.05, 3.63) is 57.4 Å². The van der Waals surface area contributed by atoms with Gasteiger partial charge >= 0.3 is 19.8 Å². The van der Waals surface area contributed by atoms with Crippen molar-refractivity contribution in [1.82, 2.24) is 14.6 Å². The van der Waals surface area contributed by atoms with E-state index in [4.69, 9.17) is 18.7 Å². The summed E-state index contributed by atoms with van der Waals surface area (Å²) in [6.07, 6.45) is -3.71. The van der Waals surface area contributed by atoms with E-state index in [0.717, 1.165) is 19.2 Å². The standard InChI is InChI=1S/C22H26F2N3O9P/c1-12(2)34-17(29)13(3)26-37(32)36-15-7-5-6-14(10-15)33-11-22(24)18(30)21(4,23)19(35-22)27-9-8-16(28)25-20(27)31/h5-10,12-13,18-19,30H,11H2,1-4H3,(H-,25,26,28,31,32)/p+1/t13-,18-,19+,21+,22+/m0/s1. The lowest BCUT2D eigenvalue weighted by Crippen LogP contribution is -2.48. The van der Waals surface area contributed by atoms with Gasteiger partial charge in [0.2, 0.25) is 0 Å².